The van der Waals surface area contributed by atoms with E-state index in [1.54, 1.807) is 36.4 Å². The number of hydrogen-bond acceptors (Lipinski definition) is 3. The lowest BCUT2D eigenvalue weighted by Crippen LogP contribution is -2.42. The Balaban J connectivity index is 2.04. The van der Waals surface area contributed by atoms with Crippen molar-refractivity contribution in [2.24, 2.45) is 5.92 Å². The van der Waals surface area contributed by atoms with Gasteiger partial charge in [-0.25, -0.2) is 9.18 Å². The van der Waals surface area contributed by atoms with Gasteiger partial charge in [-0.1, -0.05) is 26.7 Å². The van der Waals surface area contributed by atoms with Crippen LogP contribution in [0.15, 0.2) is 48.5 Å². The molecule has 0 aliphatic rings. The summed E-state index contributed by atoms with van der Waals surface area (Å²) in [7, 11) is 0. The fourth-order valence-corrected chi connectivity index (χ4v) is 3.37. The van der Waals surface area contributed by atoms with E-state index in [9.17, 15) is 14.0 Å². The number of ether oxygens (including phenoxy) is 1. The van der Waals surface area contributed by atoms with Crippen LogP contribution in [0.2, 0.25) is 0 Å². The first-order valence-corrected chi connectivity index (χ1v) is 11.3. The van der Waals surface area contributed by atoms with Crippen LogP contribution < -0.4 is 20.3 Å². The molecule has 1 atom stereocenters. The number of nitrogens with zero attached hydrogens (tertiary/aromatic N) is 1. The highest BCUT2D eigenvalue weighted by Gasteiger charge is 2.19. The van der Waals surface area contributed by atoms with Gasteiger partial charge in [0.25, 0.3) is 0 Å². The van der Waals surface area contributed by atoms with Crippen LogP contribution in [-0.2, 0) is 4.79 Å². The Kier molecular flexibility index (Phi) is 10.5. The molecule has 0 saturated heterocycles. The van der Waals surface area contributed by atoms with Crippen LogP contribution >= 0.6 is 0 Å². The number of halogens is 1. The molecule has 1 unspecified atom stereocenters. The number of urea groups is 1. The van der Waals surface area contributed by atoms with Crippen LogP contribution in [0, 0.1) is 11.7 Å². The molecule has 174 valence electrons. The molecule has 3 amide bonds. The van der Waals surface area contributed by atoms with E-state index in [0.29, 0.717) is 24.5 Å². The second-order valence-electron chi connectivity index (χ2n) is 7.55. The van der Waals surface area contributed by atoms with E-state index < -0.39 is 0 Å². The van der Waals surface area contributed by atoms with Gasteiger partial charge in [0.15, 0.2) is 0 Å². The van der Waals surface area contributed by atoms with Crippen molar-refractivity contribution < 1.29 is 18.7 Å². The van der Waals surface area contributed by atoms with Crippen LogP contribution in [-0.4, -0.2) is 31.6 Å². The molecule has 2 aromatic rings. The molecule has 0 aromatic heterocycles. The van der Waals surface area contributed by atoms with E-state index in [4.69, 9.17) is 4.74 Å². The predicted octanol–water partition coefficient (Wildman–Crippen LogP) is 5.60. The standard InChI is InChI=1S/C25H34FN3O3/c1-4-7-8-19(5-2)24(30)27-17-18-29(22-13-9-20(26)10-14-22)25(31)28-21-11-15-23(16-12-21)32-6-3/h9-16,19H,4-8,17-18H2,1-3H3,(H,27,30)(H,28,31). The molecule has 0 saturated carbocycles. The molecule has 0 aliphatic heterocycles. The van der Waals surface area contributed by atoms with Crippen molar-refractivity contribution in [3.8, 4) is 5.75 Å². The highest BCUT2D eigenvalue weighted by molar-refractivity contribution is 6.01. The monoisotopic (exact) mass is 443 g/mol. The Morgan fingerprint density at radius 2 is 1.72 bits per heavy atom. The average molecular weight is 444 g/mol. The molecule has 0 aliphatic carbocycles. The normalized spacial score (nSPS) is 11.5. The number of anilines is 2. The Morgan fingerprint density at radius 3 is 2.31 bits per heavy atom. The Bertz CT molecular complexity index is 841. The second kappa shape index (κ2) is 13.3. The summed E-state index contributed by atoms with van der Waals surface area (Å²) in [5.41, 5.74) is 1.15. The van der Waals surface area contributed by atoms with E-state index in [1.165, 1.54) is 17.0 Å². The second-order valence-corrected chi connectivity index (χ2v) is 7.55. The van der Waals surface area contributed by atoms with Gasteiger partial charge in [0, 0.05) is 30.4 Å². The van der Waals surface area contributed by atoms with Gasteiger partial charge in [-0.3, -0.25) is 9.69 Å². The summed E-state index contributed by atoms with van der Waals surface area (Å²) in [6.07, 6.45) is 3.70. The number of hydrogen-bond donors (Lipinski definition) is 2. The van der Waals surface area contributed by atoms with E-state index in [2.05, 4.69) is 17.6 Å². The average Bonchev–Trinajstić information content (AvgIpc) is 2.79. The van der Waals surface area contributed by atoms with E-state index >= 15 is 0 Å². The van der Waals surface area contributed by atoms with Gasteiger partial charge in [-0.2, -0.15) is 0 Å². The third-order valence-corrected chi connectivity index (χ3v) is 5.20. The van der Waals surface area contributed by atoms with Crippen molar-refractivity contribution in [3.05, 3.63) is 54.3 Å². The minimum absolute atomic E-state index is 0.00641. The summed E-state index contributed by atoms with van der Waals surface area (Å²) in [5.74, 6) is 0.326. The molecule has 7 heteroatoms. The van der Waals surface area contributed by atoms with E-state index in [0.717, 1.165) is 31.4 Å². The van der Waals surface area contributed by atoms with E-state index in [-0.39, 0.29) is 30.2 Å². The number of rotatable bonds is 12. The van der Waals surface area contributed by atoms with Crippen molar-refractivity contribution in [2.75, 3.05) is 29.9 Å². The summed E-state index contributed by atoms with van der Waals surface area (Å²) >= 11 is 0. The van der Waals surface area contributed by atoms with Crippen molar-refractivity contribution in [1.82, 2.24) is 5.32 Å². The number of unbranched alkanes of at least 4 members (excludes halogenated alkanes) is 1. The third kappa shape index (κ3) is 7.87. The van der Waals surface area contributed by atoms with Crippen LogP contribution in [0.4, 0.5) is 20.6 Å². The topological polar surface area (TPSA) is 70.7 Å². The molecule has 0 heterocycles. The first-order chi connectivity index (χ1) is 15.5. The molecule has 0 spiro atoms. The highest BCUT2D eigenvalue weighted by atomic mass is 19.1. The summed E-state index contributed by atoms with van der Waals surface area (Å²) in [5, 5.41) is 5.79. The number of carbonyl (C=O) groups excluding carboxylic acids is 2. The molecule has 2 aromatic carbocycles. The molecule has 2 rings (SSSR count). The van der Waals surface area contributed by atoms with Gasteiger partial charge in [0.1, 0.15) is 11.6 Å². The molecule has 0 fully saturated rings. The van der Waals surface area contributed by atoms with Gasteiger partial charge in [-0.05, 0) is 68.3 Å². The zero-order valence-corrected chi connectivity index (χ0v) is 19.2. The summed E-state index contributed by atoms with van der Waals surface area (Å²) in [6, 6.07) is 12.4. The first kappa shape index (κ1) is 25.2. The zero-order valence-electron chi connectivity index (χ0n) is 19.2. The number of carbonyl (C=O) groups is 2. The summed E-state index contributed by atoms with van der Waals surface area (Å²) in [6.45, 7) is 7.14. The quantitative estimate of drug-likeness (QED) is 0.449. The lowest BCUT2D eigenvalue weighted by Gasteiger charge is -2.24. The maximum atomic E-state index is 13.4. The maximum Gasteiger partial charge on any atom is 0.326 e. The van der Waals surface area contributed by atoms with Gasteiger partial charge >= 0.3 is 6.03 Å². The predicted molar refractivity (Wildman–Crippen MR) is 127 cm³/mol. The van der Waals surface area contributed by atoms with Gasteiger partial charge in [0.2, 0.25) is 5.91 Å². The molecule has 6 nitrogen and oxygen atoms in total. The van der Waals surface area contributed by atoms with Crippen LogP contribution in [0.3, 0.4) is 0 Å². The number of nitrogens with one attached hydrogen (secondary N) is 2. The fraction of sp³-hybridized carbons (Fsp3) is 0.440. The largest absolute Gasteiger partial charge is 0.494 e. The number of amides is 3. The smallest absolute Gasteiger partial charge is 0.326 e. The van der Waals surface area contributed by atoms with Crippen molar-refractivity contribution in [1.29, 1.82) is 0 Å². The molecule has 0 radical (unpaired) electrons. The molecule has 2 N–H and O–H groups in total. The van der Waals surface area contributed by atoms with Crippen LogP contribution in [0.5, 0.6) is 5.75 Å². The van der Waals surface area contributed by atoms with Crippen molar-refractivity contribution in [3.63, 3.8) is 0 Å². The minimum atomic E-state index is -0.379. The first-order valence-electron chi connectivity index (χ1n) is 11.3. The lowest BCUT2D eigenvalue weighted by molar-refractivity contribution is -0.125. The highest BCUT2D eigenvalue weighted by Crippen LogP contribution is 2.19. The number of benzene rings is 2. The zero-order chi connectivity index (χ0) is 23.3. The third-order valence-electron chi connectivity index (χ3n) is 5.20. The van der Waals surface area contributed by atoms with Gasteiger partial charge in [-0.15, -0.1) is 0 Å². The SMILES string of the molecule is CCCCC(CC)C(=O)NCCN(C(=O)Nc1ccc(OCC)cc1)c1ccc(F)cc1. The molecule has 0 bridgehead atoms. The van der Waals surface area contributed by atoms with Gasteiger partial charge in [0.05, 0.1) is 6.61 Å². The van der Waals surface area contributed by atoms with Crippen molar-refractivity contribution in [2.45, 2.75) is 46.5 Å². The van der Waals surface area contributed by atoms with Crippen molar-refractivity contribution >= 4 is 23.3 Å². The Hall–Kier alpha value is -3.09. The molecular weight excluding hydrogens is 409 g/mol. The molecule has 32 heavy (non-hydrogen) atoms. The molecular formula is C25H34FN3O3. The van der Waals surface area contributed by atoms with Gasteiger partial charge < -0.3 is 15.4 Å². The van der Waals surface area contributed by atoms with Crippen LogP contribution in [0.1, 0.15) is 46.5 Å². The lowest BCUT2D eigenvalue weighted by atomic mass is 9.98. The van der Waals surface area contributed by atoms with Crippen LogP contribution in [0.25, 0.3) is 0 Å². The minimum Gasteiger partial charge on any atom is -0.494 e. The Morgan fingerprint density at radius 1 is 1.03 bits per heavy atom. The summed E-state index contributed by atoms with van der Waals surface area (Å²) in [4.78, 5) is 27.0. The van der Waals surface area contributed by atoms with E-state index in [1.807, 2.05) is 13.8 Å². The fourth-order valence-electron chi connectivity index (χ4n) is 3.37. The summed E-state index contributed by atoms with van der Waals surface area (Å²) < 4.78 is 18.8. The Labute approximate surface area is 190 Å². The maximum absolute atomic E-state index is 13.4.